The molecule has 1 aliphatic carbocycles. The molecule has 0 unspecified atom stereocenters. The Hall–Kier alpha value is -10.7. The van der Waals surface area contributed by atoms with Crippen LogP contribution in [0.1, 0.15) is 22.3 Å². The third kappa shape index (κ3) is 7.13. The largest absolute Gasteiger partial charge is 0.311 e. The fourth-order valence-electron chi connectivity index (χ4n) is 14.5. The van der Waals surface area contributed by atoms with Crippen molar-refractivity contribution >= 4 is 79.0 Å². The zero-order valence-corrected chi connectivity index (χ0v) is 45.4. The lowest BCUT2D eigenvalue weighted by Gasteiger charge is -2.45. The van der Waals surface area contributed by atoms with Gasteiger partial charge in [-0.3, -0.25) is 0 Å². The summed E-state index contributed by atoms with van der Waals surface area (Å²) in [7, 11) is 0. The number of hydrogen-bond acceptors (Lipinski definition) is 2. The molecule has 0 spiro atoms. The third-order valence-corrected chi connectivity index (χ3v) is 18.0. The van der Waals surface area contributed by atoms with Crippen LogP contribution >= 0.6 is 0 Å². The maximum Gasteiger partial charge on any atom is 0.252 e. The predicted octanol–water partition coefficient (Wildman–Crippen LogP) is 18.2. The minimum absolute atomic E-state index is 0.182. The molecule has 14 aromatic rings. The standard InChI is InChI=1S/C79H52BN3/c1-6-22-53(23-7-1)56-38-43-61(44-39-56)81-74-47-42-58(55-26-10-3-11-27-55)48-70(74)80-71-52-69-67(64-32-16-19-35-68(64)79(69,59-28-12-4-13-29-59)60-30-14-5-15-31-60)51-75(71)82(62-45-40-57(41-46-62)54-24-8-2-9-25-54)77-50-63(49-76(81)78(77)80)83-72-36-20-17-33-65(72)66-34-18-21-37-73(66)83/h1-52H. The third-order valence-electron chi connectivity index (χ3n) is 18.0. The van der Waals surface area contributed by atoms with Gasteiger partial charge in [0.15, 0.2) is 0 Å². The zero-order chi connectivity index (χ0) is 54.6. The molecule has 0 atom stereocenters. The van der Waals surface area contributed by atoms with Crippen molar-refractivity contribution in [2.45, 2.75) is 5.41 Å². The lowest BCUT2D eigenvalue weighted by molar-refractivity contribution is 0.769. The molecule has 2 aliphatic heterocycles. The quantitative estimate of drug-likeness (QED) is 0.141. The van der Waals surface area contributed by atoms with Gasteiger partial charge in [-0.25, -0.2) is 0 Å². The van der Waals surface area contributed by atoms with E-state index in [1.807, 2.05) is 0 Å². The van der Waals surface area contributed by atoms with E-state index >= 15 is 0 Å². The maximum atomic E-state index is 2.64. The van der Waals surface area contributed by atoms with Gasteiger partial charge in [0.1, 0.15) is 0 Å². The van der Waals surface area contributed by atoms with Crippen LogP contribution in [0.5, 0.6) is 0 Å². The summed E-state index contributed by atoms with van der Waals surface area (Å²) in [6.07, 6.45) is 0. The number of nitrogens with zero attached hydrogens (tertiary/aromatic N) is 3. The van der Waals surface area contributed by atoms with Gasteiger partial charge in [0.25, 0.3) is 6.71 Å². The molecule has 3 heterocycles. The smallest absolute Gasteiger partial charge is 0.252 e. The minimum atomic E-state index is -0.606. The Morgan fingerprint density at radius 2 is 0.687 bits per heavy atom. The van der Waals surface area contributed by atoms with Crippen molar-refractivity contribution < 1.29 is 0 Å². The Morgan fingerprint density at radius 1 is 0.265 bits per heavy atom. The monoisotopic (exact) mass is 1050 g/mol. The van der Waals surface area contributed by atoms with Gasteiger partial charge in [0.05, 0.1) is 22.1 Å². The highest BCUT2D eigenvalue weighted by molar-refractivity contribution is 7.00. The molecule has 0 saturated heterocycles. The van der Waals surface area contributed by atoms with Crippen molar-refractivity contribution in [1.82, 2.24) is 4.57 Å². The molecule has 83 heavy (non-hydrogen) atoms. The molecule has 386 valence electrons. The second-order valence-corrected chi connectivity index (χ2v) is 22.3. The second-order valence-electron chi connectivity index (χ2n) is 22.3. The molecule has 0 fully saturated rings. The highest BCUT2D eigenvalue weighted by atomic mass is 15.2. The molecule has 0 bridgehead atoms. The summed E-state index contributed by atoms with van der Waals surface area (Å²) < 4.78 is 2.50. The average molecular weight is 1050 g/mol. The normalized spacial score (nSPS) is 13.3. The Bertz CT molecular complexity index is 4730. The number of rotatable bonds is 8. The van der Waals surface area contributed by atoms with E-state index in [9.17, 15) is 0 Å². The van der Waals surface area contributed by atoms with E-state index < -0.39 is 5.41 Å². The molecule has 17 rings (SSSR count). The van der Waals surface area contributed by atoms with Crippen LogP contribution in [0.2, 0.25) is 0 Å². The van der Waals surface area contributed by atoms with Gasteiger partial charge in [-0.1, -0.05) is 255 Å². The Kier molecular flexibility index (Phi) is 10.6. The molecule has 0 saturated carbocycles. The molecule has 0 amide bonds. The molecule has 13 aromatic carbocycles. The molecule has 3 nitrogen and oxygen atoms in total. The van der Waals surface area contributed by atoms with E-state index in [2.05, 4.69) is 330 Å². The highest BCUT2D eigenvalue weighted by Gasteiger charge is 2.50. The summed E-state index contributed by atoms with van der Waals surface area (Å²) >= 11 is 0. The van der Waals surface area contributed by atoms with Crippen molar-refractivity contribution in [1.29, 1.82) is 0 Å². The van der Waals surface area contributed by atoms with Crippen molar-refractivity contribution in [2.24, 2.45) is 0 Å². The molecule has 0 radical (unpaired) electrons. The number of benzene rings is 13. The van der Waals surface area contributed by atoms with Gasteiger partial charge in [0, 0.05) is 44.9 Å². The van der Waals surface area contributed by atoms with Crippen LogP contribution in [0.4, 0.5) is 34.1 Å². The first-order chi connectivity index (χ1) is 41.2. The second kappa shape index (κ2) is 18.7. The molecule has 1 aromatic heterocycles. The summed E-state index contributed by atoms with van der Waals surface area (Å²) in [5.74, 6) is 0. The van der Waals surface area contributed by atoms with Crippen LogP contribution in [-0.4, -0.2) is 11.3 Å². The first kappa shape index (κ1) is 47.2. The molecular formula is C79H52BN3. The van der Waals surface area contributed by atoms with Gasteiger partial charge >= 0.3 is 0 Å². The SMILES string of the molecule is c1ccc(-c2ccc(N3c4ccc(-c5ccccc5)cc4B4c5cc6c(cc5N(c5ccc(-c7ccccc7)cc5)c5cc(-n7c8ccccc8c8ccccc87)cc3c54)-c3ccccc3C6(c3ccccc3)c3ccccc3)cc2)cc1. The first-order valence-electron chi connectivity index (χ1n) is 28.9. The van der Waals surface area contributed by atoms with Crippen LogP contribution in [0.3, 0.4) is 0 Å². The Balaban J connectivity index is 1.02. The van der Waals surface area contributed by atoms with Crippen molar-refractivity contribution in [3.63, 3.8) is 0 Å². The highest BCUT2D eigenvalue weighted by Crippen LogP contribution is 2.58. The van der Waals surface area contributed by atoms with E-state index in [1.54, 1.807) is 0 Å². The van der Waals surface area contributed by atoms with Gasteiger partial charge < -0.3 is 14.4 Å². The van der Waals surface area contributed by atoms with Crippen molar-refractivity contribution in [3.8, 4) is 50.2 Å². The van der Waals surface area contributed by atoms with Crippen LogP contribution in [0.15, 0.2) is 315 Å². The van der Waals surface area contributed by atoms with Crippen molar-refractivity contribution in [3.05, 3.63) is 338 Å². The summed E-state index contributed by atoms with van der Waals surface area (Å²) in [5, 5.41) is 2.46. The zero-order valence-electron chi connectivity index (χ0n) is 45.4. The van der Waals surface area contributed by atoms with E-state index in [1.165, 1.54) is 111 Å². The van der Waals surface area contributed by atoms with Crippen molar-refractivity contribution in [2.75, 3.05) is 9.80 Å². The van der Waals surface area contributed by atoms with Crippen LogP contribution in [0.25, 0.3) is 72.0 Å². The summed E-state index contributed by atoms with van der Waals surface area (Å²) in [6, 6.07) is 118. The molecule has 4 heteroatoms. The van der Waals surface area contributed by atoms with E-state index in [4.69, 9.17) is 0 Å². The topological polar surface area (TPSA) is 11.4 Å². The number of anilines is 6. The number of fused-ring (bicyclic) bond motifs is 10. The van der Waals surface area contributed by atoms with Crippen LogP contribution in [-0.2, 0) is 5.41 Å². The fourth-order valence-corrected chi connectivity index (χ4v) is 14.5. The van der Waals surface area contributed by atoms with Gasteiger partial charge in [-0.15, -0.1) is 0 Å². The Morgan fingerprint density at radius 3 is 1.23 bits per heavy atom. The molecule has 0 N–H and O–H groups in total. The molecular weight excluding hydrogens is 1000 g/mol. The van der Waals surface area contributed by atoms with Crippen LogP contribution in [0, 0.1) is 0 Å². The summed E-state index contributed by atoms with van der Waals surface area (Å²) in [5.41, 5.74) is 28.1. The first-order valence-corrected chi connectivity index (χ1v) is 28.9. The van der Waals surface area contributed by atoms with Gasteiger partial charge in [-0.05, 0) is 144 Å². The van der Waals surface area contributed by atoms with E-state index in [0.717, 1.165) is 34.1 Å². The van der Waals surface area contributed by atoms with Gasteiger partial charge in [0.2, 0.25) is 0 Å². The fraction of sp³-hybridized carbons (Fsp3) is 0.0127. The number of para-hydroxylation sites is 2. The lowest BCUT2D eigenvalue weighted by Crippen LogP contribution is -2.61. The van der Waals surface area contributed by atoms with Gasteiger partial charge in [-0.2, -0.15) is 0 Å². The average Bonchev–Trinajstić information content (AvgIpc) is 1.84. The number of aromatic nitrogens is 1. The van der Waals surface area contributed by atoms with E-state index in [-0.39, 0.29) is 6.71 Å². The van der Waals surface area contributed by atoms with E-state index in [0.29, 0.717) is 0 Å². The number of hydrogen-bond donors (Lipinski definition) is 0. The predicted molar refractivity (Wildman–Crippen MR) is 348 cm³/mol. The minimum Gasteiger partial charge on any atom is -0.311 e. The molecule has 3 aliphatic rings. The summed E-state index contributed by atoms with van der Waals surface area (Å²) in [6.45, 7) is -0.182. The Labute approximate surface area is 484 Å². The van der Waals surface area contributed by atoms with Crippen LogP contribution < -0.4 is 26.2 Å². The summed E-state index contributed by atoms with van der Waals surface area (Å²) in [4.78, 5) is 5.17. The maximum absolute atomic E-state index is 2.64. The lowest BCUT2D eigenvalue weighted by atomic mass is 9.33.